The Labute approximate surface area is 181 Å². The van der Waals surface area contributed by atoms with Gasteiger partial charge in [0, 0.05) is 30.5 Å². The number of nitriles is 1. The average molecular weight is 406 g/mol. The first-order valence-corrected chi connectivity index (χ1v) is 10.4. The zero-order valence-corrected chi connectivity index (χ0v) is 17.3. The summed E-state index contributed by atoms with van der Waals surface area (Å²) in [7, 11) is 0. The molecule has 31 heavy (non-hydrogen) atoms. The first-order valence-electron chi connectivity index (χ1n) is 10.4. The molecule has 0 fully saturated rings. The van der Waals surface area contributed by atoms with Crippen molar-refractivity contribution in [3.05, 3.63) is 89.0 Å². The number of rotatable bonds is 4. The molecule has 6 nitrogen and oxygen atoms in total. The summed E-state index contributed by atoms with van der Waals surface area (Å²) in [5.41, 5.74) is 6.85. The van der Waals surface area contributed by atoms with Gasteiger partial charge in [0.05, 0.1) is 34.7 Å². The molecule has 1 aliphatic rings. The minimum atomic E-state index is 0.586. The Hall–Kier alpha value is -3.98. The van der Waals surface area contributed by atoms with Crippen LogP contribution in [0.1, 0.15) is 28.1 Å². The second-order valence-electron chi connectivity index (χ2n) is 7.80. The van der Waals surface area contributed by atoms with Crippen LogP contribution >= 0.6 is 0 Å². The number of anilines is 2. The lowest BCUT2D eigenvalue weighted by Crippen LogP contribution is -2.32. The van der Waals surface area contributed by atoms with E-state index in [-0.39, 0.29) is 0 Å². The molecule has 6 heteroatoms. The highest BCUT2D eigenvalue weighted by Crippen LogP contribution is 2.29. The van der Waals surface area contributed by atoms with Crippen molar-refractivity contribution in [2.24, 2.45) is 0 Å². The van der Waals surface area contributed by atoms with Crippen molar-refractivity contribution in [3.63, 3.8) is 0 Å². The van der Waals surface area contributed by atoms with Gasteiger partial charge in [0.1, 0.15) is 18.2 Å². The van der Waals surface area contributed by atoms with Gasteiger partial charge in [0.25, 0.3) is 0 Å². The standard InChI is InChI=1S/C25H22N6/c1-17-6-9-24(19(12-17)13-26)31-11-10-23-21(15-31)25(29-16-28-23)27-14-20-8-7-18-4-2-3-5-22(18)30-20/h2-9,12,16H,10-11,14-15H2,1H3,(H,27,28,29). The number of hydrogen-bond donors (Lipinski definition) is 1. The van der Waals surface area contributed by atoms with Crippen molar-refractivity contribution in [2.45, 2.75) is 26.4 Å². The third-order valence-electron chi connectivity index (χ3n) is 5.71. The number of fused-ring (bicyclic) bond motifs is 2. The molecule has 0 atom stereocenters. The summed E-state index contributed by atoms with van der Waals surface area (Å²) in [6, 6.07) is 20.6. The Morgan fingerprint density at radius 3 is 2.90 bits per heavy atom. The number of hydrogen-bond acceptors (Lipinski definition) is 6. The number of nitrogens with one attached hydrogen (secondary N) is 1. The lowest BCUT2D eigenvalue weighted by atomic mass is 10.0. The fraction of sp³-hybridized carbons (Fsp3) is 0.200. The molecule has 5 rings (SSSR count). The van der Waals surface area contributed by atoms with Gasteiger partial charge in [0.2, 0.25) is 0 Å². The van der Waals surface area contributed by atoms with Crippen molar-refractivity contribution < 1.29 is 0 Å². The van der Waals surface area contributed by atoms with Crippen molar-refractivity contribution >= 4 is 22.4 Å². The summed E-state index contributed by atoms with van der Waals surface area (Å²) in [6.45, 7) is 4.09. The van der Waals surface area contributed by atoms with Crippen LogP contribution in [0.5, 0.6) is 0 Å². The van der Waals surface area contributed by atoms with Gasteiger partial charge in [-0.05, 0) is 36.8 Å². The molecule has 2 aromatic heterocycles. The average Bonchev–Trinajstić information content (AvgIpc) is 2.82. The third kappa shape index (κ3) is 3.78. The van der Waals surface area contributed by atoms with Crippen LogP contribution in [0.4, 0.5) is 11.5 Å². The molecular weight excluding hydrogens is 384 g/mol. The van der Waals surface area contributed by atoms with E-state index in [2.05, 4.69) is 44.5 Å². The van der Waals surface area contributed by atoms with Crippen LogP contribution in [-0.2, 0) is 19.5 Å². The van der Waals surface area contributed by atoms with Gasteiger partial charge in [-0.2, -0.15) is 5.26 Å². The fourth-order valence-corrected chi connectivity index (χ4v) is 4.10. The Bertz CT molecular complexity index is 1310. The second kappa shape index (κ2) is 8.04. The number of para-hydroxylation sites is 1. The zero-order chi connectivity index (χ0) is 21.2. The molecule has 0 bridgehead atoms. The first kappa shape index (κ1) is 19.0. The SMILES string of the molecule is Cc1ccc(N2CCc3ncnc(NCc4ccc5ccccc5n4)c3C2)c(C#N)c1. The zero-order valence-electron chi connectivity index (χ0n) is 17.3. The highest BCUT2D eigenvalue weighted by molar-refractivity contribution is 5.78. The molecule has 4 aromatic rings. The molecular formula is C25H22N6. The molecule has 152 valence electrons. The van der Waals surface area contributed by atoms with E-state index < -0.39 is 0 Å². The van der Waals surface area contributed by atoms with Gasteiger partial charge < -0.3 is 10.2 Å². The minimum absolute atomic E-state index is 0.586. The third-order valence-corrected chi connectivity index (χ3v) is 5.71. The lowest BCUT2D eigenvalue weighted by Gasteiger charge is -2.31. The Kier molecular flexibility index (Phi) is 4.93. The second-order valence-corrected chi connectivity index (χ2v) is 7.80. The Balaban J connectivity index is 1.39. The van der Waals surface area contributed by atoms with Crippen LogP contribution in [0.15, 0.2) is 60.9 Å². The normalized spacial score (nSPS) is 13.0. The van der Waals surface area contributed by atoms with Crippen molar-refractivity contribution in [2.75, 3.05) is 16.8 Å². The van der Waals surface area contributed by atoms with E-state index in [1.165, 1.54) is 0 Å². The van der Waals surface area contributed by atoms with E-state index in [4.69, 9.17) is 4.98 Å². The Morgan fingerprint density at radius 2 is 2.00 bits per heavy atom. The van der Waals surface area contributed by atoms with E-state index >= 15 is 0 Å². The smallest absolute Gasteiger partial charge is 0.134 e. The molecule has 0 unspecified atom stereocenters. The van der Waals surface area contributed by atoms with Crippen LogP contribution in [0.2, 0.25) is 0 Å². The number of pyridine rings is 1. The topological polar surface area (TPSA) is 77.7 Å². The summed E-state index contributed by atoms with van der Waals surface area (Å²) in [5.74, 6) is 0.829. The van der Waals surface area contributed by atoms with Crippen LogP contribution in [0.3, 0.4) is 0 Å². The predicted octanol–water partition coefficient (Wildman–Crippen LogP) is 4.38. The van der Waals surface area contributed by atoms with Gasteiger partial charge in [-0.25, -0.2) is 9.97 Å². The highest BCUT2D eigenvalue weighted by atomic mass is 15.2. The lowest BCUT2D eigenvalue weighted by molar-refractivity contribution is 0.705. The Morgan fingerprint density at radius 1 is 1.10 bits per heavy atom. The number of nitrogens with zero attached hydrogens (tertiary/aromatic N) is 5. The van der Waals surface area contributed by atoms with Crippen LogP contribution in [0, 0.1) is 18.3 Å². The molecule has 0 saturated carbocycles. The highest BCUT2D eigenvalue weighted by Gasteiger charge is 2.23. The molecule has 0 saturated heterocycles. The predicted molar refractivity (Wildman–Crippen MR) is 122 cm³/mol. The molecule has 3 heterocycles. The van der Waals surface area contributed by atoms with E-state index in [1.807, 2.05) is 43.3 Å². The molecule has 1 N–H and O–H groups in total. The fourth-order valence-electron chi connectivity index (χ4n) is 4.10. The quantitative estimate of drug-likeness (QED) is 0.542. The number of aryl methyl sites for hydroxylation is 1. The summed E-state index contributed by atoms with van der Waals surface area (Å²) in [5, 5.41) is 14.2. The molecule has 0 spiro atoms. The van der Waals surface area contributed by atoms with Crippen molar-refractivity contribution in [3.8, 4) is 6.07 Å². The van der Waals surface area contributed by atoms with E-state index in [9.17, 15) is 5.26 Å². The summed E-state index contributed by atoms with van der Waals surface area (Å²) < 4.78 is 0. The first-order chi connectivity index (χ1) is 15.2. The van der Waals surface area contributed by atoms with Crippen LogP contribution in [-0.4, -0.2) is 21.5 Å². The largest absolute Gasteiger partial charge is 0.366 e. The molecule has 1 aliphatic heterocycles. The van der Waals surface area contributed by atoms with E-state index in [0.29, 0.717) is 18.7 Å². The van der Waals surface area contributed by atoms with Gasteiger partial charge in [0.15, 0.2) is 0 Å². The molecule has 0 amide bonds. The summed E-state index contributed by atoms with van der Waals surface area (Å²) in [6.07, 6.45) is 2.44. The van der Waals surface area contributed by atoms with Gasteiger partial charge in [-0.15, -0.1) is 0 Å². The van der Waals surface area contributed by atoms with Gasteiger partial charge in [-0.3, -0.25) is 4.98 Å². The molecule has 0 aliphatic carbocycles. The monoisotopic (exact) mass is 406 g/mol. The van der Waals surface area contributed by atoms with E-state index in [1.54, 1.807) is 6.33 Å². The maximum Gasteiger partial charge on any atom is 0.134 e. The summed E-state index contributed by atoms with van der Waals surface area (Å²) in [4.78, 5) is 16.0. The minimum Gasteiger partial charge on any atom is -0.366 e. The molecule has 0 radical (unpaired) electrons. The van der Waals surface area contributed by atoms with Crippen molar-refractivity contribution in [1.29, 1.82) is 5.26 Å². The van der Waals surface area contributed by atoms with Gasteiger partial charge >= 0.3 is 0 Å². The van der Waals surface area contributed by atoms with Crippen molar-refractivity contribution in [1.82, 2.24) is 15.0 Å². The molecule has 2 aromatic carbocycles. The maximum atomic E-state index is 9.59. The number of benzene rings is 2. The summed E-state index contributed by atoms with van der Waals surface area (Å²) >= 11 is 0. The van der Waals surface area contributed by atoms with Crippen LogP contribution < -0.4 is 10.2 Å². The van der Waals surface area contributed by atoms with E-state index in [0.717, 1.165) is 57.9 Å². The number of aromatic nitrogens is 3. The van der Waals surface area contributed by atoms with Crippen LogP contribution in [0.25, 0.3) is 10.9 Å². The maximum absolute atomic E-state index is 9.59. The van der Waals surface area contributed by atoms with Gasteiger partial charge in [-0.1, -0.05) is 30.3 Å².